The van der Waals surface area contributed by atoms with E-state index < -0.39 is 20.3 Å². The van der Waals surface area contributed by atoms with E-state index in [0.717, 1.165) is 0 Å². The summed E-state index contributed by atoms with van der Waals surface area (Å²) in [6.45, 7) is 0. The van der Waals surface area contributed by atoms with Crippen LogP contribution in [0.3, 0.4) is 0 Å². The topological polar surface area (TPSA) is 63.2 Å². The van der Waals surface area contributed by atoms with Crippen molar-refractivity contribution in [2.75, 3.05) is 5.32 Å². The summed E-state index contributed by atoms with van der Waals surface area (Å²) in [4.78, 5) is 10.4. The zero-order valence-corrected chi connectivity index (χ0v) is 10.7. The lowest BCUT2D eigenvalue weighted by molar-refractivity contribution is -0.167. The predicted molar refractivity (Wildman–Crippen MR) is 61.8 cm³/mol. The van der Waals surface area contributed by atoms with Crippen LogP contribution in [0.25, 0.3) is 0 Å². The van der Waals surface area contributed by atoms with Crippen molar-refractivity contribution in [3.05, 3.63) is 30.3 Å². The van der Waals surface area contributed by atoms with Gasteiger partial charge in [-0.15, -0.1) is 0 Å². The number of carbonyl (C=O) groups excluding carboxylic acids is 1. The third kappa shape index (κ3) is 10.2. The van der Waals surface area contributed by atoms with Gasteiger partial charge in [0.05, 0.1) is 0 Å². The lowest BCUT2D eigenvalue weighted by Gasteiger charge is -2.06. The van der Waals surface area contributed by atoms with Crippen LogP contribution in [-0.2, 0) is 13.1 Å². The van der Waals surface area contributed by atoms with E-state index in [-0.39, 0.29) is 5.69 Å². The molecule has 1 rings (SSSR count). The highest BCUT2D eigenvalue weighted by atomic mass is 36.0. The zero-order valence-electron chi connectivity index (χ0n) is 8.41. The number of nitrogens with one attached hydrogen (secondary N) is 1. The van der Waals surface area contributed by atoms with Crippen molar-refractivity contribution in [1.82, 2.24) is 0 Å². The lowest BCUT2D eigenvalue weighted by Crippen LogP contribution is -2.29. The molecule has 102 valence electrons. The summed E-state index contributed by atoms with van der Waals surface area (Å²) < 4.78 is 53.5. The van der Waals surface area contributed by atoms with Gasteiger partial charge in [-0.05, 0) is 12.1 Å². The summed E-state index contributed by atoms with van der Waals surface area (Å²) >= 11 is 0. The minimum absolute atomic E-state index is 0.129. The van der Waals surface area contributed by atoms with E-state index in [1.807, 2.05) is 0 Å². The number of alkyl halides is 3. The lowest BCUT2D eigenvalue weighted by atomic mass is 10.3. The van der Waals surface area contributed by atoms with Gasteiger partial charge in [-0.1, -0.05) is 18.2 Å². The van der Waals surface area contributed by atoms with Crippen molar-refractivity contribution in [3.63, 3.8) is 0 Å². The van der Waals surface area contributed by atoms with E-state index in [0.29, 0.717) is 0 Å². The molecule has 1 aromatic rings. The number of anilines is 1. The van der Waals surface area contributed by atoms with Crippen LogP contribution in [0.15, 0.2) is 30.3 Å². The number of benzene rings is 1. The number of rotatable bonds is 1. The Kier molecular flexibility index (Phi) is 6.44. The zero-order chi connectivity index (χ0) is 14.4. The molecule has 0 radical (unpaired) electrons. The third-order valence-corrected chi connectivity index (χ3v) is 1.29. The van der Waals surface area contributed by atoms with Gasteiger partial charge < -0.3 is 5.32 Å². The maximum Gasteiger partial charge on any atom is 0.471 e. The van der Waals surface area contributed by atoms with Crippen LogP contribution in [0.5, 0.6) is 0 Å². The normalized spacial score (nSPS) is 11.2. The van der Waals surface area contributed by atoms with Crippen LogP contribution in [0.4, 0.5) is 18.9 Å². The largest absolute Gasteiger partial charge is 0.471 e. The average Bonchev–Trinajstić information content (AvgIpc) is 2.15. The molecule has 1 N–H and O–H groups in total. The van der Waals surface area contributed by atoms with E-state index in [1.165, 1.54) is 24.3 Å². The number of hydrogen-bond donors (Lipinski definition) is 1. The smallest absolute Gasteiger partial charge is 0.318 e. The molecule has 0 aliphatic rings. The molecule has 0 saturated carbocycles. The van der Waals surface area contributed by atoms with E-state index in [4.69, 9.17) is 8.42 Å². The molecule has 0 aromatic heterocycles. The summed E-state index contributed by atoms with van der Waals surface area (Å²) in [6, 6.07) is 7.47. The maximum absolute atomic E-state index is 11.7. The van der Waals surface area contributed by atoms with E-state index >= 15 is 0 Å². The fraction of sp³-hybridized carbons (Fsp3) is 0.125. The molecule has 10 heteroatoms. The maximum atomic E-state index is 11.7. The Labute approximate surface area is 110 Å². The molecule has 1 aromatic carbocycles. The summed E-state index contributed by atoms with van der Waals surface area (Å²) in [7, 11) is 4.81. The van der Waals surface area contributed by atoms with Crippen LogP contribution in [0, 0.1) is 0 Å². The van der Waals surface area contributed by atoms with Gasteiger partial charge in [-0.3, -0.25) is 4.79 Å². The molecule has 0 unspecified atom stereocenters. The standard InChI is InChI=1S/C8H6F3NO.Cl2O2S/c9-8(10,11)7(13)12-6-4-2-1-3-5-6;1-5(2,3)4/h1-5H,(H,12,13);. The molecule has 1 amide bonds. The highest BCUT2D eigenvalue weighted by Gasteiger charge is 2.38. The number of amides is 1. The Hall–Kier alpha value is -0.990. The third-order valence-electron chi connectivity index (χ3n) is 1.29. The summed E-state index contributed by atoms with van der Waals surface area (Å²) in [5.41, 5.74) is 0.129. The van der Waals surface area contributed by atoms with Gasteiger partial charge in [0.2, 0.25) is 0 Å². The van der Waals surface area contributed by atoms with Gasteiger partial charge in [-0.2, -0.15) is 21.6 Å². The predicted octanol–water partition coefficient (Wildman–Crippen LogP) is 2.90. The SMILES string of the molecule is O=C(Nc1ccccc1)C(F)(F)F.O=S(=O)(Cl)Cl. The van der Waals surface area contributed by atoms with Crippen LogP contribution in [-0.4, -0.2) is 20.5 Å². The van der Waals surface area contributed by atoms with E-state index in [9.17, 15) is 18.0 Å². The minimum Gasteiger partial charge on any atom is -0.318 e. The van der Waals surface area contributed by atoms with Crippen molar-refractivity contribution >= 4 is 41.2 Å². The average molecular weight is 324 g/mol. The molecule has 0 spiro atoms. The van der Waals surface area contributed by atoms with Crippen LogP contribution in [0.2, 0.25) is 0 Å². The van der Waals surface area contributed by atoms with Crippen molar-refractivity contribution < 1.29 is 26.4 Å². The van der Waals surface area contributed by atoms with Gasteiger partial charge in [-0.25, -0.2) is 0 Å². The molecule has 0 aliphatic carbocycles. The van der Waals surface area contributed by atoms with Crippen LogP contribution < -0.4 is 5.32 Å². The van der Waals surface area contributed by atoms with Gasteiger partial charge in [0, 0.05) is 27.1 Å². The highest BCUT2D eigenvalue weighted by Crippen LogP contribution is 2.17. The van der Waals surface area contributed by atoms with Crippen molar-refractivity contribution in [2.45, 2.75) is 6.18 Å². The number of carbonyl (C=O) groups is 1. The molecule has 4 nitrogen and oxygen atoms in total. The molecule has 0 bridgehead atoms. The fourth-order valence-corrected chi connectivity index (χ4v) is 0.723. The second kappa shape index (κ2) is 6.81. The first-order valence-corrected chi connectivity index (χ1v) is 7.21. The van der Waals surface area contributed by atoms with Gasteiger partial charge in [0.15, 0.2) is 0 Å². The molecular formula is C8H6Cl2F3NO3S. The van der Waals surface area contributed by atoms with Crippen LogP contribution >= 0.6 is 21.4 Å². The second-order valence-corrected chi connectivity index (χ2v) is 6.36. The van der Waals surface area contributed by atoms with Gasteiger partial charge in [0.1, 0.15) is 0 Å². The minimum atomic E-state index is -4.84. The quantitative estimate of drug-likeness (QED) is 0.808. The molecular weight excluding hydrogens is 318 g/mol. The molecule has 0 aliphatic heterocycles. The highest BCUT2D eigenvalue weighted by molar-refractivity contribution is 8.31. The Morgan fingerprint density at radius 1 is 1.11 bits per heavy atom. The number of hydrogen-bond acceptors (Lipinski definition) is 3. The number of halogens is 5. The molecule has 0 saturated heterocycles. The first-order chi connectivity index (χ1) is 8.00. The monoisotopic (exact) mass is 323 g/mol. The van der Waals surface area contributed by atoms with Crippen LogP contribution in [0.1, 0.15) is 0 Å². The van der Waals surface area contributed by atoms with Gasteiger partial charge in [0.25, 0.3) is 0 Å². The van der Waals surface area contributed by atoms with Crippen molar-refractivity contribution in [1.29, 1.82) is 0 Å². The second-order valence-electron chi connectivity index (χ2n) is 2.70. The number of para-hydroxylation sites is 1. The van der Waals surface area contributed by atoms with Gasteiger partial charge >= 0.3 is 20.3 Å². The molecule has 0 heterocycles. The Balaban J connectivity index is 0.000000494. The summed E-state index contributed by atoms with van der Waals surface area (Å²) in [5, 5.41) is 1.72. The van der Waals surface area contributed by atoms with E-state index in [1.54, 1.807) is 11.4 Å². The Morgan fingerprint density at radius 2 is 1.50 bits per heavy atom. The summed E-state index contributed by atoms with van der Waals surface area (Å²) in [6.07, 6.45) is -4.84. The van der Waals surface area contributed by atoms with E-state index in [2.05, 4.69) is 21.4 Å². The van der Waals surface area contributed by atoms with Crippen molar-refractivity contribution in [2.24, 2.45) is 0 Å². The summed E-state index contributed by atoms with van der Waals surface area (Å²) in [5.74, 6) is -1.96. The van der Waals surface area contributed by atoms with Crippen molar-refractivity contribution in [3.8, 4) is 0 Å². The first-order valence-electron chi connectivity index (χ1n) is 4.07. The first kappa shape index (κ1) is 17.0. The molecule has 18 heavy (non-hydrogen) atoms. The fourth-order valence-electron chi connectivity index (χ4n) is 0.723. The Morgan fingerprint density at radius 3 is 1.83 bits per heavy atom. The Bertz CT molecular complexity index is 482. The molecule has 0 atom stereocenters. The molecule has 0 fully saturated rings.